The van der Waals surface area contributed by atoms with Crippen LogP contribution in [0.5, 0.6) is 0 Å². The van der Waals surface area contributed by atoms with Gasteiger partial charge in [0.1, 0.15) is 0 Å². The largest absolute Gasteiger partial charge is 0.368 e. The van der Waals surface area contributed by atoms with Crippen molar-refractivity contribution in [1.82, 2.24) is 15.1 Å². The summed E-state index contributed by atoms with van der Waals surface area (Å²) in [6, 6.07) is 7.72. The van der Waals surface area contributed by atoms with Crippen LogP contribution in [0.4, 0.5) is 5.69 Å². The summed E-state index contributed by atoms with van der Waals surface area (Å²) in [6.07, 6.45) is 3.57. The number of hydrogen-bond donors (Lipinski definition) is 1. The molecule has 0 aromatic heterocycles. The van der Waals surface area contributed by atoms with E-state index in [9.17, 15) is 14.4 Å². The number of anilines is 1. The average Bonchev–Trinajstić information content (AvgIpc) is 3.62. The van der Waals surface area contributed by atoms with Crippen molar-refractivity contribution in [2.75, 3.05) is 50.7 Å². The van der Waals surface area contributed by atoms with Gasteiger partial charge >= 0.3 is 0 Å². The maximum Gasteiger partial charge on any atom is 0.242 e. The highest BCUT2D eigenvalue weighted by Gasteiger charge is 2.36. The summed E-state index contributed by atoms with van der Waals surface area (Å²) in [4.78, 5) is 43.2. The normalized spacial score (nSPS) is 22.0. The van der Waals surface area contributed by atoms with Gasteiger partial charge in [-0.25, -0.2) is 0 Å². The lowest BCUT2D eigenvalue weighted by Gasteiger charge is -2.36. The van der Waals surface area contributed by atoms with Crippen LogP contribution in [0.1, 0.15) is 25.7 Å². The Morgan fingerprint density at radius 1 is 0.967 bits per heavy atom. The predicted molar refractivity (Wildman–Crippen MR) is 115 cm³/mol. The van der Waals surface area contributed by atoms with E-state index in [-0.39, 0.29) is 36.1 Å². The molecule has 8 heteroatoms. The van der Waals surface area contributed by atoms with Gasteiger partial charge in [-0.15, -0.1) is 0 Å². The molecule has 7 nitrogen and oxygen atoms in total. The number of piperidine rings is 1. The molecule has 0 unspecified atom stereocenters. The minimum Gasteiger partial charge on any atom is -0.368 e. The number of hydrogen-bond acceptors (Lipinski definition) is 4. The number of rotatable bonds is 5. The van der Waals surface area contributed by atoms with Crippen molar-refractivity contribution in [2.24, 2.45) is 11.8 Å². The Hall–Kier alpha value is -2.28. The Morgan fingerprint density at radius 2 is 1.73 bits per heavy atom. The molecular formula is C22H29ClN4O3. The summed E-state index contributed by atoms with van der Waals surface area (Å²) in [7, 11) is 0. The summed E-state index contributed by atoms with van der Waals surface area (Å²) >= 11 is 6.07. The molecule has 1 atom stereocenters. The van der Waals surface area contributed by atoms with Gasteiger partial charge in [0, 0.05) is 55.9 Å². The standard InChI is InChI=1S/C22H29ClN4O3/c23-18-4-1-5-19(13-18)25-9-11-26(12-10-25)20(28)14-24-21(29)17-3-2-8-27(15-17)22(30)16-6-7-16/h1,4-5,13,16-17H,2-3,6-12,14-15H2,(H,24,29)/t17-/m1/s1. The van der Waals surface area contributed by atoms with E-state index in [0.717, 1.165) is 51.0 Å². The second-order valence-electron chi connectivity index (χ2n) is 8.46. The van der Waals surface area contributed by atoms with Gasteiger partial charge in [-0.1, -0.05) is 17.7 Å². The summed E-state index contributed by atoms with van der Waals surface area (Å²) in [5.74, 6) is -0.0147. The number of benzene rings is 1. The van der Waals surface area contributed by atoms with Crippen LogP contribution < -0.4 is 10.2 Å². The average molecular weight is 433 g/mol. The molecule has 2 saturated heterocycles. The van der Waals surface area contributed by atoms with Gasteiger partial charge in [-0.2, -0.15) is 0 Å². The van der Waals surface area contributed by atoms with E-state index in [4.69, 9.17) is 11.6 Å². The third-order valence-electron chi connectivity index (χ3n) is 6.25. The van der Waals surface area contributed by atoms with Crippen LogP contribution in [-0.4, -0.2) is 73.3 Å². The topological polar surface area (TPSA) is 73.0 Å². The van der Waals surface area contributed by atoms with E-state index in [1.165, 1.54) is 0 Å². The van der Waals surface area contributed by atoms with Gasteiger partial charge in [0.25, 0.3) is 0 Å². The molecule has 2 heterocycles. The number of amides is 3. The Bertz CT molecular complexity index is 805. The second kappa shape index (κ2) is 9.25. The lowest BCUT2D eigenvalue weighted by Crippen LogP contribution is -2.52. The van der Waals surface area contributed by atoms with Gasteiger partial charge < -0.3 is 20.0 Å². The van der Waals surface area contributed by atoms with E-state index >= 15 is 0 Å². The van der Waals surface area contributed by atoms with Crippen molar-refractivity contribution in [3.05, 3.63) is 29.3 Å². The van der Waals surface area contributed by atoms with Crippen LogP contribution in [0.15, 0.2) is 24.3 Å². The first-order valence-electron chi connectivity index (χ1n) is 10.9. The minimum atomic E-state index is -0.214. The van der Waals surface area contributed by atoms with Crippen LogP contribution in [0.25, 0.3) is 0 Å². The third kappa shape index (κ3) is 5.06. The Labute approximate surface area is 182 Å². The molecule has 1 aromatic carbocycles. The zero-order valence-corrected chi connectivity index (χ0v) is 17.9. The molecule has 30 heavy (non-hydrogen) atoms. The molecule has 1 saturated carbocycles. The molecule has 162 valence electrons. The Morgan fingerprint density at radius 3 is 2.43 bits per heavy atom. The number of halogens is 1. The molecule has 3 amide bonds. The first-order valence-corrected chi connectivity index (χ1v) is 11.2. The van der Waals surface area contributed by atoms with Crippen LogP contribution in [0.3, 0.4) is 0 Å². The summed E-state index contributed by atoms with van der Waals surface area (Å²) in [5.41, 5.74) is 1.06. The van der Waals surface area contributed by atoms with Gasteiger partial charge in [-0.3, -0.25) is 14.4 Å². The van der Waals surface area contributed by atoms with Crippen LogP contribution in [0.2, 0.25) is 5.02 Å². The number of carbonyl (C=O) groups excluding carboxylic acids is 3. The molecule has 0 bridgehead atoms. The van der Waals surface area contributed by atoms with E-state index < -0.39 is 0 Å². The fourth-order valence-corrected chi connectivity index (χ4v) is 4.47. The zero-order valence-electron chi connectivity index (χ0n) is 17.2. The molecule has 1 aromatic rings. The van der Waals surface area contributed by atoms with Crippen molar-refractivity contribution >= 4 is 35.0 Å². The molecule has 0 spiro atoms. The molecule has 2 aliphatic heterocycles. The van der Waals surface area contributed by atoms with Crippen molar-refractivity contribution in [3.63, 3.8) is 0 Å². The van der Waals surface area contributed by atoms with Crippen molar-refractivity contribution in [3.8, 4) is 0 Å². The lowest BCUT2D eigenvalue weighted by atomic mass is 9.96. The molecule has 4 rings (SSSR count). The fourth-order valence-electron chi connectivity index (χ4n) is 4.29. The maximum atomic E-state index is 12.6. The molecule has 1 aliphatic carbocycles. The van der Waals surface area contributed by atoms with Crippen LogP contribution >= 0.6 is 11.6 Å². The quantitative estimate of drug-likeness (QED) is 0.769. The number of nitrogens with zero attached hydrogens (tertiary/aromatic N) is 3. The number of piperazine rings is 1. The third-order valence-corrected chi connectivity index (χ3v) is 6.49. The van der Waals surface area contributed by atoms with Crippen molar-refractivity contribution < 1.29 is 14.4 Å². The Balaban J connectivity index is 1.21. The van der Waals surface area contributed by atoms with Gasteiger partial charge in [0.15, 0.2) is 0 Å². The minimum absolute atomic E-state index is 0.0169. The summed E-state index contributed by atoms with van der Waals surface area (Å²) in [5, 5.41) is 3.51. The van der Waals surface area contributed by atoms with Crippen molar-refractivity contribution in [1.29, 1.82) is 0 Å². The van der Waals surface area contributed by atoms with E-state index in [1.54, 1.807) is 4.90 Å². The Kier molecular flexibility index (Phi) is 6.46. The first kappa shape index (κ1) is 21.0. The number of likely N-dealkylation sites (tertiary alicyclic amines) is 1. The smallest absolute Gasteiger partial charge is 0.242 e. The van der Waals surface area contributed by atoms with Gasteiger partial charge in [0.2, 0.25) is 17.7 Å². The molecule has 1 N–H and O–H groups in total. The van der Waals surface area contributed by atoms with E-state index in [1.807, 2.05) is 29.2 Å². The molecular weight excluding hydrogens is 404 g/mol. The van der Waals surface area contributed by atoms with E-state index in [0.29, 0.717) is 24.7 Å². The monoisotopic (exact) mass is 432 g/mol. The van der Waals surface area contributed by atoms with Crippen molar-refractivity contribution in [2.45, 2.75) is 25.7 Å². The number of carbonyl (C=O) groups is 3. The van der Waals surface area contributed by atoms with Crippen LogP contribution in [-0.2, 0) is 14.4 Å². The van der Waals surface area contributed by atoms with Gasteiger partial charge in [-0.05, 0) is 43.9 Å². The lowest BCUT2D eigenvalue weighted by molar-refractivity contribution is -0.138. The highest BCUT2D eigenvalue weighted by molar-refractivity contribution is 6.30. The molecule has 0 radical (unpaired) electrons. The van der Waals surface area contributed by atoms with E-state index in [2.05, 4.69) is 10.2 Å². The predicted octanol–water partition coefficient (Wildman–Crippen LogP) is 1.75. The highest BCUT2D eigenvalue weighted by atomic mass is 35.5. The number of nitrogens with one attached hydrogen (secondary N) is 1. The maximum absolute atomic E-state index is 12.6. The first-order chi connectivity index (χ1) is 14.5. The summed E-state index contributed by atoms with van der Waals surface area (Å²) < 4.78 is 0. The van der Waals surface area contributed by atoms with Crippen LogP contribution in [0, 0.1) is 11.8 Å². The second-order valence-corrected chi connectivity index (χ2v) is 8.90. The highest BCUT2D eigenvalue weighted by Crippen LogP contribution is 2.32. The zero-order chi connectivity index (χ0) is 21.1. The summed E-state index contributed by atoms with van der Waals surface area (Å²) in [6.45, 7) is 3.95. The van der Waals surface area contributed by atoms with Gasteiger partial charge in [0.05, 0.1) is 12.5 Å². The molecule has 3 aliphatic rings. The molecule has 3 fully saturated rings. The SMILES string of the molecule is O=C(NCC(=O)N1CCN(c2cccc(Cl)c2)CC1)[C@@H]1CCCN(C(=O)C2CC2)C1. The fraction of sp³-hybridized carbons (Fsp3) is 0.591.